The molecule has 1 aromatic carbocycles. The molecule has 0 radical (unpaired) electrons. The highest BCUT2D eigenvalue weighted by molar-refractivity contribution is 6.38. The molecule has 0 aliphatic carbocycles. The molecule has 0 spiro atoms. The van der Waals surface area contributed by atoms with Crippen LogP contribution in [0.5, 0.6) is 0 Å². The summed E-state index contributed by atoms with van der Waals surface area (Å²) >= 11 is 12.2. The highest BCUT2D eigenvalue weighted by atomic mass is 35.5. The second kappa shape index (κ2) is 4.88. The van der Waals surface area contributed by atoms with E-state index in [2.05, 4.69) is 15.5 Å². The lowest BCUT2D eigenvalue weighted by Crippen LogP contribution is -2.14. The van der Waals surface area contributed by atoms with Gasteiger partial charge in [0.15, 0.2) is 5.82 Å². The summed E-state index contributed by atoms with van der Waals surface area (Å²) in [6.07, 6.45) is 2.15. The predicted molar refractivity (Wildman–Crippen MR) is 69.7 cm³/mol. The Balaban J connectivity index is 1.97. The summed E-state index contributed by atoms with van der Waals surface area (Å²) in [5.74, 6) is 1.03. The molecule has 3 rings (SSSR count). The van der Waals surface area contributed by atoms with Crippen LogP contribution in [0, 0.1) is 0 Å². The molecule has 0 amide bonds. The normalized spacial score (nSPS) is 19.3. The van der Waals surface area contributed by atoms with Crippen LogP contribution in [0.3, 0.4) is 0 Å². The van der Waals surface area contributed by atoms with Crippen molar-refractivity contribution in [2.24, 2.45) is 0 Å². The molecule has 1 fully saturated rings. The Kier molecular flexibility index (Phi) is 3.24. The Morgan fingerprint density at radius 3 is 2.72 bits per heavy atom. The third kappa shape index (κ3) is 2.11. The van der Waals surface area contributed by atoms with Crippen molar-refractivity contribution < 1.29 is 4.52 Å². The van der Waals surface area contributed by atoms with Crippen LogP contribution in [-0.4, -0.2) is 16.7 Å². The van der Waals surface area contributed by atoms with Gasteiger partial charge in [-0.1, -0.05) is 34.4 Å². The molecular weight excluding hydrogens is 273 g/mol. The van der Waals surface area contributed by atoms with Gasteiger partial charge in [-0.2, -0.15) is 4.98 Å². The average Bonchev–Trinajstić information content (AvgIpc) is 2.99. The number of benzene rings is 1. The van der Waals surface area contributed by atoms with E-state index in [-0.39, 0.29) is 6.04 Å². The van der Waals surface area contributed by atoms with Gasteiger partial charge in [0.2, 0.25) is 0 Å². The van der Waals surface area contributed by atoms with Crippen molar-refractivity contribution in [1.29, 1.82) is 0 Å². The molecule has 1 saturated heterocycles. The van der Waals surface area contributed by atoms with Gasteiger partial charge in [0.1, 0.15) is 0 Å². The first-order chi connectivity index (χ1) is 8.75. The first kappa shape index (κ1) is 12.0. The van der Waals surface area contributed by atoms with Gasteiger partial charge >= 0.3 is 0 Å². The van der Waals surface area contributed by atoms with Gasteiger partial charge in [0, 0.05) is 0 Å². The van der Waals surface area contributed by atoms with Crippen molar-refractivity contribution in [3.05, 3.63) is 34.1 Å². The van der Waals surface area contributed by atoms with Crippen molar-refractivity contribution >= 4 is 23.2 Å². The quantitative estimate of drug-likeness (QED) is 0.917. The van der Waals surface area contributed by atoms with E-state index < -0.39 is 0 Å². The first-order valence-corrected chi connectivity index (χ1v) is 6.52. The molecule has 18 heavy (non-hydrogen) atoms. The van der Waals surface area contributed by atoms with E-state index in [1.165, 1.54) is 0 Å². The predicted octanol–water partition coefficient (Wildman–Crippen LogP) is 3.47. The number of halogens is 2. The second-order valence-corrected chi connectivity index (χ2v) is 5.02. The van der Waals surface area contributed by atoms with E-state index in [9.17, 15) is 0 Å². The molecule has 94 valence electrons. The molecule has 1 atom stereocenters. The van der Waals surface area contributed by atoms with E-state index >= 15 is 0 Å². The zero-order valence-electron chi connectivity index (χ0n) is 9.49. The van der Waals surface area contributed by atoms with Gasteiger partial charge in [-0.3, -0.25) is 0 Å². The van der Waals surface area contributed by atoms with Crippen LogP contribution < -0.4 is 5.32 Å². The monoisotopic (exact) mass is 283 g/mol. The van der Waals surface area contributed by atoms with Crippen molar-refractivity contribution in [3.8, 4) is 11.5 Å². The van der Waals surface area contributed by atoms with Gasteiger partial charge in [0.25, 0.3) is 5.89 Å². The van der Waals surface area contributed by atoms with Crippen LogP contribution in [0.15, 0.2) is 22.7 Å². The number of nitrogens with one attached hydrogen (secondary N) is 1. The Bertz CT molecular complexity index is 544. The smallest absolute Gasteiger partial charge is 0.261 e. The van der Waals surface area contributed by atoms with Gasteiger partial charge < -0.3 is 9.84 Å². The molecule has 2 heterocycles. The van der Waals surface area contributed by atoms with Crippen molar-refractivity contribution in [2.75, 3.05) is 6.54 Å². The topological polar surface area (TPSA) is 51.0 Å². The minimum absolute atomic E-state index is 0.170. The van der Waals surface area contributed by atoms with Crippen LogP contribution in [0.4, 0.5) is 0 Å². The highest BCUT2D eigenvalue weighted by Gasteiger charge is 2.23. The lowest BCUT2D eigenvalue weighted by atomic mass is 10.2. The van der Waals surface area contributed by atoms with Crippen molar-refractivity contribution in [3.63, 3.8) is 0 Å². The molecule has 1 N–H and O–H groups in total. The number of rotatable bonds is 2. The Morgan fingerprint density at radius 1 is 1.28 bits per heavy atom. The molecule has 0 saturated carbocycles. The maximum absolute atomic E-state index is 6.11. The van der Waals surface area contributed by atoms with E-state index in [0.29, 0.717) is 27.3 Å². The SMILES string of the molecule is Clc1cccc(Cl)c1-c1nc(C2CCCN2)no1. The molecular formula is C12H11Cl2N3O. The van der Waals surface area contributed by atoms with Gasteiger partial charge in [-0.05, 0) is 31.5 Å². The highest BCUT2D eigenvalue weighted by Crippen LogP contribution is 2.34. The Morgan fingerprint density at radius 2 is 2.06 bits per heavy atom. The number of hydrogen-bond donors (Lipinski definition) is 1. The maximum atomic E-state index is 6.11. The summed E-state index contributed by atoms with van der Waals surface area (Å²) in [4.78, 5) is 4.38. The van der Waals surface area contributed by atoms with Crippen LogP contribution in [-0.2, 0) is 0 Å². The molecule has 1 aliphatic rings. The average molecular weight is 284 g/mol. The Labute approximate surface area is 114 Å². The fourth-order valence-corrected chi connectivity index (χ4v) is 2.64. The third-order valence-corrected chi connectivity index (χ3v) is 3.62. The maximum Gasteiger partial charge on any atom is 0.261 e. The molecule has 1 aromatic heterocycles. The summed E-state index contributed by atoms with van der Waals surface area (Å²) in [7, 11) is 0. The number of aromatic nitrogens is 2. The fourth-order valence-electron chi connectivity index (χ4n) is 2.09. The molecule has 6 heteroatoms. The summed E-state index contributed by atoms with van der Waals surface area (Å²) < 4.78 is 5.25. The largest absolute Gasteiger partial charge is 0.334 e. The summed E-state index contributed by atoms with van der Waals surface area (Å²) in [5, 5.41) is 8.33. The summed E-state index contributed by atoms with van der Waals surface area (Å²) in [5.41, 5.74) is 0.595. The molecule has 4 nitrogen and oxygen atoms in total. The van der Waals surface area contributed by atoms with Gasteiger partial charge in [0.05, 0.1) is 21.7 Å². The second-order valence-electron chi connectivity index (χ2n) is 4.20. The van der Waals surface area contributed by atoms with E-state index in [1.54, 1.807) is 18.2 Å². The van der Waals surface area contributed by atoms with E-state index in [0.717, 1.165) is 19.4 Å². The minimum atomic E-state index is 0.170. The van der Waals surface area contributed by atoms with Gasteiger partial charge in [-0.25, -0.2) is 0 Å². The van der Waals surface area contributed by atoms with Crippen molar-refractivity contribution in [1.82, 2.24) is 15.5 Å². The number of nitrogens with zero attached hydrogens (tertiary/aromatic N) is 2. The van der Waals surface area contributed by atoms with Crippen molar-refractivity contribution in [2.45, 2.75) is 18.9 Å². The number of hydrogen-bond acceptors (Lipinski definition) is 4. The molecule has 0 bridgehead atoms. The fraction of sp³-hybridized carbons (Fsp3) is 0.333. The first-order valence-electron chi connectivity index (χ1n) is 5.77. The van der Waals surface area contributed by atoms with Crippen LogP contribution >= 0.6 is 23.2 Å². The van der Waals surface area contributed by atoms with Crippen LogP contribution in [0.1, 0.15) is 24.7 Å². The third-order valence-electron chi connectivity index (χ3n) is 2.99. The molecule has 2 aromatic rings. The Hall–Kier alpha value is -1.10. The molecule has 1 aliphatic heterocycles. The standard InChI is InChI=1S/C12H11Cl2N3O/c13-7-3-1-4-8(14)10(7)12-16-11(17-18-12)9-5-2-6-15-9/h1,3-4,9,15H,2,5-6H2. The summed E-state index contributed by atoms with van der Waals surface area (Å²) in [6, 6.07) is 5.45. The lowest BCUT2D eigenvalue weighted by Gasteiger charge is -2.02. The zero-order valence-corrected chi connectivity index (χ0v) is 11.0. The summed E-state index contributed by atoms with van der Waals surface area (Å²) in [6.45, 7) is 0.987. The van der Waals surface area contributed by atoms with E-state index in [1.807, 2.05) is 0 Å². The van der Waals surface area contributed by atoms with Gasteiger partial charge in [-0.15, -0.1) is 0 Å². The van der Waals surface area contributed by atoms with Crippen LogP contribution in [0.2, 0.25) is 10.0 Å². The van der Waals surface area contributed by atoms with Crippen LogP contribution in [0.25, 0.3) is 11.5 Å². The minimum Gasteiger partial charge on any atom is -0.334 e. The molecule has 1 unspecified atom stereocenters. The zero-order chi connectivity index (χ0) is 12.5. The van der Waals surface area contributed by atoms with E-state index in [4.69, 9.17) is 27.7 Å². The lowest BCUT2D eigenvalue weighted by molar-refractivity contribution is 0.412.